The lowest BCUT2D eigenvalue weighted by atomic mass is 10.1. The summed E-state index contributed by atoms with van der Waals surface area (Å²) in [6.07, 6.45) is 2.37. The second-order valence-corrected chi connectivity index (χ2v) is 6.50. The van der Waals surface area contributed by atoms with Crippen LogP contribution in [0.3, 0.4) is 0 Å². The van der Waals surface area contributed by atoms with Crippen LogP contribution >= 0.6 is 34.8 Å². The van der Waals surface area contributed by atoms with Gasteiger partial charge < -0.3 is 10.6 Å². The zero-order valence-electron chi connectivity index (χ0n) is 13.0. The van der Waals surface area contributed by atoms with Crippen molar-refractivity contribution < 1.29 is 0 Å². The molecule has 0 bridgehead atoms. The van der Waals surface area contributed by atoms with Crippen molar-refractivity contribution in [2.24, 2.45) is 0 Å². The Balaban J connectivity index is 1.62. The van der Waals surface area contributed by atoms with Gasteiger partial charge in [-0.15, -0.1) is 5.10 Å². The number of rotatable bonds is 6. The molecule has 0 spiro atoms. The van der Waals surface area contributed by atoms with Crippen LogP contribution in [0.25, 0.3) is 0 Å². The number of hydrogen-bond acceptors (Lipinski definition) is 5. The number of nitrogens with zero attached hydrogens (tertiary/aromatic N) is 3. The number of hydrogen-bond donors (Lipinski definition) is 2. The smallest absolute Gasteiger partial charge is 0.249 e. The van der Waals surface area contributed by atoms with Crippen LogP contribution in [-0.2, 0) is 6.42 Å². The minimum Gasteiger partial charge on any atom is -0.368 e. The number of anilines is 3. The highest BCUT2D eigenvalue weighted by Crippen LogP contribution is 2.27. The molecule has 1 aromatic heterocycles. The summed E-state index contributed by atoms with van der Waals surface area (Å²) in [5.41, 5.74) is 1.76. The van der Waals surface area contributed by atoms with Crippen LogP contribution in [0.15, 0.2) is 48.7 Å². The maximum Gasteiger partial charge on any atom is 0.249 e. The molecule has 2 N–H and O–H groups in total. The van der Waals surface area contributed by atoms with E-state index in [4.69, 9.17) is 34.8 Å². The molecule has 8 heteroatoms. The number of nitrogens with one attached hydrogen (secondary N) is 2. The van der Waals surface area contributed by atoms with E-state index in [1.54, 1.807) is 24.4 Å². The van der Waals surface area contributed by atoms with E-state index in [0.717, 1.165) is 17.0 Å². The first-order chi connectivity index (χ1) is 12.1. The molecule has 0 fully saturated rings. The molecule has 25 heavy (non-hydrogen) atoms. The van der Waals surface area contributed by atoms with Gasteiger partial charge in [0.1, 0.15) is 0 Å². The summed E-state index contributed by atoms with van der Waals surface area (Å²) in [6, 6.07) is 12.9. The Morgan fingerprint density at radius 3 is 2.64 bits per heavy atom. The van der Waals surface area contributed by atoms with Crippen molar-refractivity contribution in [2.45, 2.75) is 6.42 Å². The lowest BCUT2D eigenvalue weighted by Crippen LogP contribution is -2.09. The summed E-state index contributed by atoms with van der Waals surface area (Å²) in [4.78, 5) is 4.36. The van der Waals surface area contributed by atoms with Crippen LogP contribution < -0.4 is 10.6 Å². The molecule has 0 aliphatic rings. The largest absolute Gasteiger partial charge is 0.368 e. The minimum absolute atomic E-state index is 0.330. The molecule has 0 saturated heterocycles. The van der Waals surface area contributed by atoms with Gasteiger partial charge in [0.2, 0.25) is 5.95 Å². The molecule has 0 unspecified atom stereocenters. The molecule has 0 amide bonds. The third kappa shape index (κ3) is 5.19. The standard InChI is InChI=1S/C17H14Cl3N5/c18-12-3-1-2-11(8-12)6-7-21-16-10-22-25-17(24-16)23-15-9-13(19)4-5-14(15)20/h1-5,8-10H,6-7H2,(H2,21,23,24,25). The quantitative estimate of drug-likeness (QED) is 0.599. The third-order valence-corrected chi connectivity index (χ3v) is 4.14. The SMILES string of the molecule is Clc1cccc(CCNc2cnnc(Nc3cc(Cl)ccc3Cl)n2)c1. The van der Waals surface area contributed by atoms with Crippen molar-refractivity contribution in [2.75, 3.05) is 17.2 Å². The van der Waals surface area contributed by atoms with Crippen molar-refractivity contribution >= 4 is 52.3 Å². The van der Waals surface area contributed by atoms with Gasteiger partial charge in [-0.25, -0.2) is 0 Å². The molecule has 5 nitrogen and oxygen atoms in total. The van der Waals surface area contributed by atoms with Gasteiger partial charge in [-0.2, -0.15) is 10.1 Å². The van der Waals surface area contributed by atoms with Crippen LogP contribution in [0.5, 0.6) is 0 Å². The summed E-state index contributed by atoms with van der Waals surface area (Å²) in [5.74, 6) is 0.939. The van der Waals surface area contributed by atoms with E-state index in [-0.39, 0.29) is 0 Å². The first-order valence-corrected chi connectivity index (χ1v) is 8.64. The van der Waals surface area contributed by atoms with E-state index in [2.05, 4.69) is 25.8 Å². The van der Waals surface area contributed by atoms with E-state index >= 15 is 0 Å². The van der Waals surface area contributed by atoms with E-state index < -0.39 is 0 Å². The van der Waals surface area contributed by atoms with Gasteiger partial charge in [0.15, 0.2) is 5.82 Å². The molecule has 2 aromatic carbocycles. The van der Waals surface area contributed by atoms with Crippen molar-refractivity contribution in [1.82, 2.24) is 15.2 Å². The summed E-state index contributed by atoms with van der Waals surface area (Å²) in [6.45, 7) is 0.691. The van der Waals surface area contributed by atoms with Crippen molar-refractivity contribution in [1.29, 1.82) is 0 Å². The lowest BCUT2D eigenvalue weighted by Gasteiger charge is -2.09. The average Bonchev–Trinajstić information content (AvgIpc) is 2.59. The summed E-state index contributed by atoms with van der Waals surface area (Å²) in [7, 11) is 0. The van der Waals surface area contributed by atoms with E-state index in [1.807, 2.05) is 24.3 Å². The van der Waals surface area contributed by atoms with E-state index in [9.17, 15) is 0 Å². The van der Waals surface area contributed by atoms with Crippen molar-refractivity contribution in [3.63, 3.8) is 0 Å². The molecule has 0 aliphatic heterocycles. The number of aromatic nitrogens is 3. The second-order valence-electron chi connectivity index (χ2n) is 5.22. The Hall–Kier alpha value is -2.08. The van der Waals surface area contributed by atoms with E-state index in [0.29, 0.717) is 34.0 Å². The first kappa shape index (κ1) is 17.7. The lowest BCUT2D eigenvalue weighted by molar-refractivity contribution is 0.950. The number of halogens is 3. The fraction of sp³-hybridized carbons (Fsp3) is 0.118. The highest BCUT2D eigenvalue weighted by Gasteiger charge is 2.05. The van der Waals surface area contributed by atoms with Gasteiger partial charge in [-0.05, 0) is 42.3 Å². The molecule has 3 rings (SSSR count). The molecule has 3 aromatic rings. The molecule has 0 atom stereocenters. The van der Waals surface area contributed by atoms with Crippen molar-refractivity contribution in [3.8, 4) is 0 Å². The molecule has 1 heterocycles. The topological polar surface area (TPSA) is 62.7 Å². The van der Waals surface area contributed by atoms with Crippen LogP contribution in [0.2, 0.25) is 15.1 Å². The second kappa shape index (κ2) is 8.34. The minimum atomic E-state index is 0.330. The van der Waals surface area contributed by atoms with Crippen LogP contribution in [-0.4, -0.2) is 21.7 Å². The number of benzene rings is 2. The van der Waals surface area contributed by atoms with E-state index in [1.165, 1.54) is 0 Å². The zero-order chi connectivity index (χ0) is 17.6. The first-order valence-electron chi connectivity index (χ1n) is 7.50. The maximum absolute atomic E-state index is 6.13. The predicted molar refractivity (Wildman–Crippen MR) is 103 cm³/mol. The van der Waals surface area contributed by atoms with Gasteiger partial charge in [0, 0.05) is 16.6 Å². The normalized spacial score (nSPS) is 10.5. The Morgan fingerprint density at radius 1 is 0.960 bits per heavy atom. The molecule has 0 radical (unpaired) electrons. The van der Waals surface area contributed by atoms with Gasteiger partial charge in [-0.1, -0.05) is 46.9 Å². The molecule has 0 saturated carbocycles. The molecule has 128 valence electrons. The molecular formula is C17H14Cl3N5. The van der Waals surface area contributed by atoms with Gasteiger partial charge in [-0.3, -0.25) is 0 Å². The van der Waals surface area contributed by atoms with Crippen LogP contribution in [0, 0.1) is 0 Å². The third-order valence-electron chi connectivity index (χ3n) is 3.34. The summed E-state index contributed by atoms with van der Waals surface area (Å²) < 4.78 is 0. The Morgan fingerprint density at radius 2 is 1.80 bits per heavy atom. The van der Waals surface area contributed by atoms with Crippen LogP contribution in [0.4, 0.5) is 17.5 Å². The highest BCUT2D eigenvalue weighted by atomic mass is 35.5. The predicted octanol–water partition coefficient (Wildman–Crippen LogP) is 5.23. The fourth-order valence-corrected chi connectivity index (χ4v) is 2.73. The monoisotopic (exact) mass is 393 g/mol. The average molecular weight is 395 g/mol. The van der Waals surface area contributed by atoms with Gasteiger partial charge >= 0.3 is 0 Å². The zero-order valence-corrected chi connectivity index (χ0v) is 15.3. The van der Waals surface area contributed by atoms with Gasteiger partial charge in [0.25, 0.3) is 0 Å². The Bertz CT molecular complexity index is 872. The van der Waals surface area contributed by atoms with Gasteiger partial charge in [0.05, 0.1) is 16.9 Å². The molecular weight excluding hydrogens is 381 g/mol. The molecule has 0 aliphatic carbocycles. The van der Waals surface area contributed by atoms with Crippen LogP contribution in [0.1, 0.15) is 5.56 Å². The highest BCUT2D eigenvalue weighted by molar-refractivity contribution is 6.35. The Labute approximate surface area is 160 Å². The fourth-order valence-electron chi connectivity index (χ4n) is 2.18. The summed E-state index contributed by atoms with van der Waals surface area (Å²) in [5, 5.41) is 15.9. The summed E-state index contributed by atoms with van der Waals surface area (Å²) >= 11 is 18.1. The maximum atomic E-state index is 6.13. The van der Waals surface area contributed by atoms with Crippen molar-refractivity contribution in [3.05, 3.63) is 69.3 Å². The Kier molecular flexibility index (Phi) is 5.91.